The van der Waals surface area contributed by atoms with E-state index in [0.29, 0.717) is 93.0 Å². The maximum Gasteiger partial charge on any atom is 0.407 e. The van der Waals surface area contributed by atoms with Gasteiger partial charge in [-0.3, -0.25) is 38.7 Å². The zero-order chi connectivity index (χ0) is 53.7. The van der Waals surface area contributed by atoms with Gasteiger partial charge in [-0.2, -0.15) is 0 Å². The van der Waals surface area contributed by atoms with Crippen LogP contribution in [0, 0.1) is 5.92 Å². The summed E-state index contributed by atoms with van der Waals surface area (Å²) in [7, 11) is 0. The number of benzene rings is 2. The molecule has 1 saturated heterocycles. The first-order chi connectivity index (χ1) is 36.1. The molecular weight excluding hydrogens is 967 g/mol. The van der Waals surface area contributed by atoms with Gasteiger partial charge in [0.2, 0.25) is 17.7 Å². The third-order valence-corrected chi connectivity index (χ3v) is 12.2. The van der Waals surface area contributed by atoms with E-state index in [0.717, 1.165) is 16.2 Å². The highest BCUT2D eigenvalue weighted by Gasteiger charge is 2.29. The molecule has 0 saturated carbocycles. The van der Waals surface area contributed by atoms with Gasteiger partial charge in [0.15, 0.2) is 11.5 Å². The lowest BCUT2D eigenvalue weighted by Gasteiger charge is -2.30. The molecular formula is C52H65N13O10. The van der Waals surface area contributed by atoms with Crippen LogP contribution in [0.1, 0.15) is 80.4 Å². The Morgan fingerprint density at radius 2 is 1.57 bits per heavy atom. The number of ether oxygens (including phenoxy) is 2. The van der Waals surface area contributed by atoms with E-state index in [1.807, 2.05) is 30.3 Å². The summed E-state index contributed by atoms with van der Waals surface area (Å²) < 4.78 is 10.9. The summed E-state index contributed by atoms with van der Waals surface area (Å²) in [6.07, 6.45) is 9.83. The van der Waals surface area contributed by atoms with Crippen LogP contribution in [-0.4, -0.2) is 125 Å². The monoisotopic (exact) mass is 1030 g/mol. The van der Waals surface area contributed by atoms with Gasteiger partial charge in [0.1, 0.15) is 18.7 Å². The number of morpholine rings is 1. The molecule has 2 aliphatic rings. The number of nitrogens with one attached hydrogen (secondary N) is 6. The third kappa shape index (κ3) is 17.3. The van der Waals surface area contributed by atoms with E-state index < -0.39 is 41.9 Å². The van der Waals surface area contributed by atoms with Gasteiger partial charge in [-0.15, -0.1) is 0 Å². The van der Waals surface area contributed by atoms with Gasteiger partial charge < -0.3 is 57.7 Å². The number of pyridine rings is 1. The molecule has 398 valence electrons. The fourth-order valence-corrected chi connectivity index (χ4v) is 8.14. The first-order valence-corrected chi connectivity index (χ1v) is 24.9. The second-order valence-corrected chi connectivity index (χ2v) is 18.2. The Morgan fingerprint density at radius 3 is 2.31 bits per heavy atom. The van der Waals surface area contributed by atoms with Crippen molar-refractivity contribution in [3.8, 4) is 11.3 Å². The second kappa shape index (κ2) is 28.1. The number of unbranched alkanes of at least 4 members (excludes halogenated alkanes) is 3. The van der Waals surface area contributed by atoms with E-state index in [-0.39, 0.29) is 74.2 Å². The predicted molar refractivity (Wildman–Crippen MR) is 279 cm³/mol. The Morgan fingerprint density at radius 1 is 0.813 bits per heavy atom. The van der Waals surface area contributed by atoms with Crippen molar-refractivity contribution in [1.82, 2.24) is 41.1 Å². The fourth-order valence-electron chi connectivity index (χ4n) is 8.14. The Bertz CT molecular complexity index is 2680. The molecule has 2 aliphatic heterocycles. The number of hydrogen-bond acceptors (Lipinski definition) is 15. The van der Waals surface area contributed by atoms with Crippen molar-refractivity contribution in [1.29, 1.82) is 0 Å². The maximum absolute atomic E-state index is 13.7. The minimum atomic E-state index is -1.00. The highest BCUT2D eigenvalue weighted by Crippen LogP contribution is 2.27. The number of hydrogen-bond donors (Lipinski definition) is 8. The number of anilines is 4. The molecule has 0 aliphatic carbocycles. The average Bonchev–Trinajstić information content (AvgIpc) is 3.72. The molecule has 4 aromatic rings. The summed E-state index contributed by atoms with van der Waals surface area (Å²) >= 11 is 0. The number of imide groups is 1. The molecule has 4 heterocycles. The molecule has 0 radical (unpaired) electrons. The van der Waals surface area contributed by atoms with E-state index in [9.17, 15) is 38.4 Å². The minimum Gasteiger partial charge on any atom is -0.445 e. The zero-order valence-electron chi connectivity index (χ0n) is 42.1. The van der Waals surface area contributed by atoms with Crippen molar-refractivity contribution < 1.29 is 47.8 Å². The molecule has 1 fully saturated rings. The molecule has 10 N–H and O–H groups in total. The van der Waals surface area contributed by atoms with Crippen LogP contribution < -0.4 is 48.3 Å². The van der Waals surface area contributed by atoms with Crippen LogP contribution in [0.25, 0.3) is 11.3 Å². The molecule has 23 heteroatoms. The summed E-state index contributed by atoms with van der Waals surface area (Å²) in [5, 5.41) is 16.5. The molecule has 6 rings (SSSR count). The molecule has 0 unspecified atom stereocenters. The van der Waals surface area contributed by atoms with Gasteiger partial charge in [-0.1, -0.05) is 50.6 Å². The number of carbonyl (C=O) groups is 8. The highest BCUT2D eigenvalue weighted by molar-refractivity contribution is 6.13. The summed E-state index contributed by atoms with van der Waals surface area (Å²) in [6, 6.07) is 13.3. The quantitative estimate of drug-likeness (QED) is 0.0329. The standard InChI is InChI=1S/C52H65N13O10/c1-33(2)45(63-42(66)12-4-3-7-24-65-43(67)17-18-44(65)68)49(70)61-38(11-5-6-21-56-51(54)72)48(69)59-37-15-13-35(14-16-37)32-75-52(73)57-23-19-34-9-8-10-36(29-34)39-31-58-47(53)46(60-39)50(71)62-40-30-55-22-20-41(40)64-25-27-74-28-26-64/h8-10,13-18,20,22,29-31,33,38,45H,3-7,11-12,19,21,23-28,32H2,1-2H3,(H2,53,58)(H,57,73)(H,59,69)(H,61,70)(H,62,71)(H,63,66)(H3,54,56,72)/t38-,45-/m0/s1. The summed E-state index contributed by atoms with van der Waals surface area (Å²) in [5.41, 5.74) is 15.6. The molecule has 9 amide bonds. The number of aromatic nitrogens is 3. The topological polar surface area (TPSA) is 324 Å². The fraction of sp³-hybridized carbons (Fsp3) is 0.404. The number of amides is 9. The smallest absolute Gasteiger partial charge is 0.407 e. The minimum absolute atomic E-state index is 0.0299. The van der Waals surface area contributed by atoms with Crippen molar-refractivity contribution in [2.24, 2.45) is 11.7 Å². The number of urea groups is 1. The molecule has 23 nitrogen and oxygen atoms in total. The van der Waals surface area contributed by atoms with Gasteiger partial charge in [0, 0.05) is 68.7 Å². The predicted octanol–water partition coefficient (Wildman–Crippen LogP) is 3.57. The van der Waals surface area contributed by atoms with Crippen LogP contribution >= 0.6 is 0 Å². The van der Waals surface area contributed by atoms with E-state index in [4.69, 9.17) is 20.9 Å². The van der Waals surface area contributed by atoms with Crippen molar-refractivity contribution in [2.75, 3.05) is 67.2 Å². The number of nitrogen functional groups attached to an aromatic ring is 1. The van der Waals surface area contributed by atoms with Gasteiger partial charge in [0.25, 0.3) is 17.7 Å². The molecule has 0 bridgehead atoms. The van der Waals surface area contributed by atoms with E-state index >= 15 is 0 Å². The molecule has 2 aromatic carbocycles. The third-order valence-electron chi connectivity index (χ3n) is 12.2. The first kappa shape index (κ1) is 55.8. The van der Waals surface area contributed by atoms with Crippen LogP contribution in [0.2, 0.25) is 0 Å². The van der Waals surface area contributed by atoms with Crippen LogP contribution in [0.3, 0.4) is 0 Å². The Kier molecular flexibility index (Phi) is 20.9. The molecule has 2 atom stereocenters. The van der Waals surface area contributed by atoms with Crippen LogP contribution in [0.4, 0.5) is 32.5 Å². The summed E-state index contributed by atoms with van der Waals surface area (Å²) in [4.78, 5) is 117. The van der Waals surface area contributed by atoms with Crippen molar-refractivity contribution in [3.05, 3.63) is 102 Å². The average molecular weight is 1030 g/mol. The van der Waals surface area contributed by atoms with E-state index in [1.54, 1.807) is 50.5 Å². The Hall–Kier alpha value is -8.47. The number of alkyl carbamates (subject to hydrolysis) is 1. The molecule has 75 heavy (non-hydrogen) atoms. The van der Waals surface area contributed by atoms with Gasteiger partial charge in [-0.05, 0) is 79.8 Å². The maximum atomic E-state index is 13.7. The summed E-state index contributed by atoms with van der Waals surface area (Å²) in [5.74, 6) is -3.00. The molecule has 0 spiro atoms. The lowest BCUT2D eigenvalue weighted by atomic mass is 10.0. The van der Waals surface area contributed by atoms with E-state index in [2.05, 4.69) is 51.8 Å². The van der Waals surface area contributed by atoms with Crippen molar-refractivity contribution in [3.63, 3.8) is 0 Å². The molecule has 2 aromatic heterocycles. The SMILES string of the molecule is CC(C)[C@H](NC(=O)CCCCCN1C(=O)C=CC1=O)C(=O)N[C@@H](CCCCNC(N)=O)C(=O)Nc1ccc(COC(=O)NCCc2cccc(-c3cnc(N)c(C(=O)Nc4cnccc4N4CCOCC4)n3)c2)cc1. The lowest BCUT2D eigenvalue weighted by Crippen LogP contribution is -2.54. The first-order valence-electron chi connectivity index (χ1n) is 24.9. The Labute approximate surface area is 434 Å². The second-order valence-electron chi connectivity index (χ2n) is 18.2. The summed E-state index contributed by atoms with van der Waals surface area (Å²) in [6.45, 7) is 6.75. The van der Waals surface area contributed by atoms with Gasteiger partial charge >= 0.3 is 12.1 Å². The zero-order valence-corrected chi connectivity index (χ0v) is 42.1. The highest BCUT2D eigenvalue weighted by atomic mass is 16.5. The van der Waals surface area contributed by atoms with Gasteiger partial charge in [-0.25, -0.2) is 19.6 Å². The van der Waals surface area contributed by atoms with Crippen LogP contribution in [0.5, 0.6) is 0 Å². The Balaban J connectivity index is 0.953. The van der Waals surface area contributed by atoms with Crippen molar-refractivity contribution in [2.45, 2.75) is 83.9 Å². The van der Waals surface area contributed by atoms with Crippen molar-refractivity contribution >= 4 is 70.4 Å². The largest absolute Gasteiger partial charge is 0.445 e. The normalized spacial score (nSPS) is 14.0. The number of rotatable bonds is 26. The van der Waals surface area contributed by atoms with E-state index in [1.165, 1.54) is 18.3 Å². The van der Waals surface area contributed by atoms with Gasteiger partial charge in [0.05, 0.1) is 42.7 Å². The number of nitrogens with two attached hydrogens (primary N) is 2. The van der Waals surface area contributed by atoms with Crippen LogP contribution in [0.15, 0.2) is 85.3 Å². The number of carbonyl (C=O) groups excluding carboxylic acids is 8. The van der Waals surface area contributed by atoms with Crippen LogP contribution in [-0.2, 0) is 46.5 Å². The number of primary amides is 1. The number of nitrogens with zero attached hydrogens (tertiary/aromatic N) is 5. The lowest BCUT2D eigenvalue weighted by molar-refractivity contribution is -0.137.